The molecule has 5 heteroatoms. The second kappa shape index (κ2) is 6.82. The van der Waals surface area contributed by atoms with Gasteiger partial charge in [-0.05, 0) is 24.7 Å². The Morgan fingerprint density at radius 1 is 1.44 bits per heavy atom. The maximum absolute atomic E-state index is 13.4. The van der Waals surface area contributed by atoms with Crippen LogP contribution in [0.5, 0.6) is 0 Å². The third-order valence-electron chi connectivity index (χ3n) is 2.58. The summed E-state index contributed by atoms with van der Waals surface area (Å²) in [7, 11) is 0. The number of Topliss-reactive ketones (excluding diaryl/α,β-unsaturated/α-hetero) is 1. The van der Waals surface area contributed by atoms with Gasteiger partial charge in [-0.3, -0.25) is 9.69 Å². The molecule has 0 unspecified atom stereocenters. The van der Waals surface area contributed by atoms with Crippen LogP contribution in [0.4, 0.5) is 8.78 Å². The smallest absolute Gasteiger partial charge is 0.179 e. The lowest BCUT2D eigenvalue weighted by molar-refractivity contribution is 0.0931. The molecule has 0 fully saturated rings. The molecule has 0 spiro atoms. The van der Waals surface area contributed by atoms with Crippen molar-refractivity contribution < 1.29 is 13.6 Å². The molecule has 0 aromatic heterocycles. The van der Waals surface area contributed by atoms with Crippen LogP contribution in [0.25, 0.3) is 0 Å². The third-order valence-corrected chi connectivity index (χ3v) is 2.58. The molecule has 0 aliphatic heterocycles. The van der Waals surface area contributed by atoms with Gasteiger partial charge in [0.1, 0.15) is 11.6 Å². The summed E-state index contributed by atoms with van der Waals surface area (Å²) >= 11 is 0. The average molecular weight is 252 g/mol. The Morgan fingerprint density at radius 3 is 2.78 bits per heavy atom. The molecule has 0 aliphatic carbocycles. The van der Waals surface area contributed by atoms with Crippen molar-refractivity contribution in [2.24, 2.45) is 0 Å². The van der Waals surface area contributed by atoms with Crippen LogP contribution in [0.3, 0.4) is 0 Å². The molecule has 0 heterocycles. The molecule has 0 aliphatic rings. The van der Waals surface area contributed by atoms with Gasteiger partial charge in [0.05, 0.1) is 18.2 Å². The van der Waals surface area contributed by atoms with E-state index < -0.39 is 17.4 Å². The number of nitrogens with zero attached hydrogens (tertiary/aromatic N) is 2. The Kier molecular flexibility index (Phi) is 5.40. The van der Waals surface area contributed by atoms with Crippen LogP contribution in [0.1, 0.15) is 23.7 Å². The predicted octanol–water partition coefficient (Wildman–Crippen LogP) is 2.38. The molecule has 0 amide bonds. The molecular formula is C13H14F2N2O. The Balaban J connectivity index is 2.75. The van der Waals surface area contributed by atoms with Crippen LogP contribution < -0.4 is 0 Å². The van der Waals surface area contributed by atoms with E-state index in [4.69, 9.17) is 5.26 Å². The van der Waals surface area contributed by atoms with Crippen molar-refractivity contribution >= 4 is 5.78 Å². The van der Waals surface area contributed by atoms with E-state index >= 15 is 0 Å². The first-order valence-electron chi connectivity index (χ1n) is 5.66. The fourth-order valence-corrected chi connectivity index (χ4v) is 1.56. The van der Waals surface area contributed by atoms with Crippen LogP contribution in [0, 0.1) is 23.0 Å². The number of halogens is 2. The maximum atomic E-state index is 13.4. The van der Waals surface area contributed by atoms with Gasteiger partial charge in [-0.1, -0.05) is 6.92 Å². The first-order chi connectivity index (χ1) is 8.58. The topological polar surface area (TPSA) is 44.1 Å². The van der Waals surface area contributed by atoms with Gasteiger partial charge in [0.15, 0.2) is 5.78 Å². The van der Waals surface area contributed by atoms with Crippen LogP contribution in [0.2, 0.25) is 0 Å². The monoisotopic (exact) mass is 252 g/mol. The number of ketones is 1. The quantitative estimate of drug-likeness (QED) is 0.730. The molecule has 18 heavy (non-hydrogen) atoms. The number of benzene rings is 1. The molecule has 0 N–H and O–H groups in total. The molecule has 1 aromatic carbocycles. The Hall–Kier alpha value is -1.80. The lowest BCUT2D eigenvalue weighted by Gasteiger charge is -2.17. The van der Waals surface area contributed by atoms with Crippen LogP contribution in [-0.4, -0.2) is 30.3 Å². The van der Waals surface area contributed by atoms with Gasteiger partial charge < -0.3 is 0 Å². The molecule has 0 atom stereocenters. The summed E-state index contributed by atoms with van der Waals surface area (Å²) < 4.78 is 26.3. The summed E-state index contributed by atoms with van der Waals surface area (Å²) in [5, 5.41) is 8.47. The zero-order valence-electron chi connectivity index (χ0n) is 10.1. The fourth-order valence-electron chi connectivity index (χ4n) is 1.56. The number of carbonyl (C=O) groups excluding carboxylic acids is 1. The van der Waals surface area contributed by atoms with Gasteiger partial charge in [-0.25, -0.2) is 8.78 Å². The third kappa shape index (κ3) is 3.90. The second-order valence-electron chi connectivity index (χ2n) is 3.82. The minimum atomic E-state index is -0.724. The number of hydrogen-bond donors (Lipinski definition) is 0. The summed E-state index contributed by atoms with van der Waals surface area (Å²) in [6, 6.07) is 4.79. The van der Waals surface area contributed by atoms with Gasteiger partial charge in [0, 0.05) is 13.0 Å². The summed E-state index contributed by atoms with van der Waals surface area (Å²) in [6.45, 7) is 2.84. The van der Waals surface area contributed by atoms with Crippen LogP contribution in [-0.2, 0) is 0 Å². The highest BCUT2D eigenvalue weighted by Gasteiger charge is 2.15. The van der Waals surface area contributed by atoms with Crippen molar-refractivity contribution in [3.8, 4) is 6.07 Å². The first-order valence-corrected chi connectivity index (χ1v) is 5.66. The molecule has 0 radical (unpaired) electrons. The van der Waals surface area contributed by atoms with Gasteiger partial charge in [-0.15, -0.1) is 0 Å². The lowest BCUT2D eigenvalue weighted by atomic mass is 10.1. The van der Waals surface area contributed by atoms with E-state index in [1.54, 1.807) is 4.90 Å². The van der Waals surface area contributed by atoms with E-state index in [0.717, 1.165) is 18.2 Å². The van der Waals surface area contributed by atoms with E-state index in [1.807, 2.05) is 13.0 Å². The van der Waals surface area contributed by atoms with Gasteiger partial charge in [-0.2, -0.15) is 5.26 Å². The van der Waals surface area contributed by atoms with E-state index in [2.05, 4.69) is 0 Å². The SMILES string of the molecule is CCN(CCC#N)CC(=O)c1cc(F)ccc1F. The molecule has 1 rings (SSSR count). The second-order valence-corrected chi connectivity index (χ2v) is 3.82. The minimum absolute atomic E-state index is 0.0153. The van der Waals surface area contributed by atoms with Crippen molar-refractivity contribution in [3.05, 3.63) is 35.4 Å². The summed E-state index contributed by atoms with van der Waals surface area (Å²) in [5.74, 6) is -1.84. The molecule has 3 nitrogen and oxygen atoms in total. The van der Waals surface area contributed by atoms with Crippen LogP contribution in [0.15, 0.2) is 18.2 Å². The highest BCUT2D eigenvalue weighted by molar-refractivity contribution is 5.97. The van der Waals surface area contributed by atoms with Crippen molar-refractivity contribution in [3.63, 3.8) is 0 Å². The summed E-state index contributed by atoms with van der Waals surface area (Å²) in [6.07, 6.45) is 0.298. The predicted molar refractivity (Wildman–Crippen MR) is 63.0 cm³/mol. The molecule has 0 saturated carbocycles. The molecule has 0 saturated heterocycles. The van der Waals surface area contributed by atoms with Crippen molar-refractivity contribution in [2.75, 3.05) is 19.6 Å². The standard InChI is InChI=1S/C13H14F2N2O/c1-2-17(7-3-6-16)9-13(18)11-8-10(14)4-5-12(11)15/h4-5,8H,2-3,7,9H2,1H3. The van der Waals surface area contributed by atoms with Crippen molar-refractivity contribution in [2.45, 2.75) is 13.3 Å². The van der Waals surface area contributed by atoms with E-state index in [9.17, 15) is 13.6 Å². The summed E-state index contributed by atoms with van der Waals surface area (Å²) in [4.78, 5) is 13.5. The van der Waals surface area contributed by atoms with E-state index in [1.165, 1.54) is 0 Å². The molecule has 1 aromatic rings. The zero-order chi connectivity index (χ0) is 13.5. The van der Waals surface area contributed by atoms with Crippen molar-refractivity contribution in [1.82, 2.24) is 4.90 Å². The number of nitriles is 1. The highest BCUT2D eigenvalue weighted by atomic mass is 19.1. The van der Waals surface area contributed by atoms with Gasteiger partial charge in [0.25, 0.3) is 0 Å². The molecule has 96 valence electrons. The lowest BCUT2D eigenvalue weighted by Crippen LogP contribution is -2.31. The molecule has 0 bridgehead atoms. The van der Waals surface area contributed by atoms with Crippen molar-refractivity contribution in [1.29, 1.82) is 5.26 Å². The van der Waals surface area contributed by atoms with E-state index in [-0.39, 0.29) is 12.1 Å². The number of rotatable bonds is 6. The normalized spacial score (nSPS) is 10.4. The Labute approximate surface area is 105 Å². The van der Waals surface area contributed by atoms with Gasteiger partial charge in [0.2, 0.25) is 0 Å². The Morgan fingerprint density at radius 2 is 2.17 bits per heavy atom. The fraction of sp³-hybridized carbons (Fsp3) is 0.385. The number of likely N-dealkylation sites (N-methyl/N-ethyl adjacent to an activating group) is 1. The number of carbonyl (C=O) groups is 1. The average Bonchev–Trinajstić information content (AvgIpc) is 2.37. The van der Waals surface area contributed by atoms with Gasteiger partial charge >= 0.3 is 0 Å². The number of hydrogen-bond acceptors (Lipinski definition) is 3. The Bertz CT molecular complexity index is 469. The van der Waals surface area contributed by atoms with E-state index in [0.29, 0.717) is 19.5 Å². The zero-order valence-corrected chi connectivity index (χ0v) is 10.1. The molecular weight excluding hydrogens is 238 g/mol. The summed E-state index contributed by atoms with van der Waals surface area (Å²) in [5.41, 5.74) is -0.245. The maximum Gasteiger partial charge on any atom is 0.179 e. The largest absolute Gasteiger partial charge is 0.295 e. The first kappa shape index (κ1) is 14.3. The highest BCUT2D eigenvalue weighted by Crippen LogP contribution is 2.11. The van der Waals surface area contributed by atoms with Crippen LogP contribution >= 0.6 is 0 Å². The minimum Gasteiger partial charge on any atom is -0.295 e.